The molecule has 2 aliphatic rings. The molecular formula is C25H31N3O4. The Labute approximate surface area is 188 Å². The van der Waals surface area contributed by atoms with Gasteiger partial charge in [0.05, 0.1) is 0 Å². The maximum Gasteiger partial charge on any atom is 0.274 e. The van der Waals surface area contributed by atoms with Crippen molar-refractivity contribution < 1.29 is 19.5 Å². The number of carbonyl (C=O) groups excluding carboxylic acids is 2. The molecule has 32 heavy (non-hydrogen) atoms. The minimum absolute atomic E-state index is 0.00346. The summed E-state index contributed by atoms with van der Waals surface area (Å²) >= 11 is 0. The Morgan fingerprint density at radius 2 is 1.97 bits per heavy atom. The van der Waals surface area contributed by atoms with Gasteiger partial charge >= 0.3 is 0 Å². The molecule has 1 fully saturated rings. The highest BCUT2D eigenvalue weighted by Crippen LogP contribution is 2.27. The quantitative estimate of drug-likeness (QED) is 0.392. The van der Waals surface area contributed by atoms with Crippen LogP contribution in [0, 0.1) is 5.92 Å². The first kappa shape index (κ1) is 22.4. The Hall–Kier alpha value is -2.77. The van der Waals surface area contributed by atoms with Gasteiger partial charge < -0.3 is 9.64 Å². The van der Waals surface area contributed by atoms with Crippen molar-refractivity contribution in [3.63, 3.8) is 0 Å². The van der Waals surface area contributed by atoms with Gasteiger partial charge in [0.2, 0.25) is 0 Å². The van der Waals surface area contributed by atoms with Crippen molar-refractivity contribution in [1.82, 2.24) is 15.4 Å². The number of aryl methyl sites for hydroxylation is 1. The lowest BCUT2D eigenvalue weighted by atomic mass is 9.88. The average Bonchev–Trinajstić information content (AvgIpc) is 2.83. The first-order chi connectivity index (χ1) is 15.6. The van der Waals surface area contributed by atoms with Crippen molar-refractivity contribution >= 4 is 11.7 Å². The van der Waals surface area contributed by atoms with Crippen LogP contribution in [-0.4, -0.2) is 52.5 Å². The molecule has 7 heteroatoms. The molecule has 1 aromatic carbocycles. The fraction of sp³-hybridized carbons (Fsp3) is 0.480. The predicted octanol–water partition coefficient (Wildman–Crippen LogP) is 3.44. The van der Waals surface area contributed by atoms with Gasteiger partial charge in [-0.2, -0.15) is 0 Å². The number of hydrogen-bond acceptors (Lipinski definition) is 6. The van der Waals surface area contributed by atoms with E-state index in [2.05, 4.69) is 16.8 Å². The monoisotopic (exact) mass is 437 g/mol. The molecule has 2 aromatic rings. The maximum atomic E-state index is 12.8. The van der Waals surface area contributed by atoms with Crippen LogP contribution in [-0.2, 0) is 12.8 Å². The van der Waals surface area contributed by atoms with Gasteiger partial charge in [-0.1, -0.05) is 13.0 Å². The van der Waals surface area contributed by atoms with Crippen LogP contribution >= 0.6 is 0 Å². The molecule has 1 unspecified atom stereocenters. The van der Waals surface area contributed by atoms with E-state index < -0.39 is 5.91 Å². The average molecular weight is 438 g/mol. The lowest BCUT2D eigenvalue weighted by Crippen LogP contribution is -2.34. The van der Waals surface area contributed by atoms with Crippen molar-refractivity contribution in [2.75, 3.05) is 19.6 Å². The van der Waals surface area contributed by atoms with Crippen LogP contribution in [0.2, 0.25) is 0 Å². The van der Waals surface area contributed by atoms with Crippen molar-refractivity contribution in [3.8, 4) is 5.75 Å². The number of ether oxygens (including phenoxy) is 1. The number of carbonyl (C=O) groups is 2. The molecule has 0 bridgehead atoms. The zero-order chi connectivity index (χ0) is 22.5. The number of benzene rings is 1. The Morgan fingerprint density at radius 3 is 2.72 bits per heavy atom. The maximum absolute atomic E-state index is 12.8. The second-order valence-corrected chi connectivity index (χ2v) is 8.79. The summed E-state index contributed by atoms with van der Waals surface area (Å²) in [5, 5.41) is 8.82. The third kappa shape index (κ3) is 5.34. The number of piperidine rings is 1. The molecule has 0 spiro atoms. The third-order valence-electron chi connectivity index (χ3n) is 6.70. The molecular weight excluding hydrogens is 406 g/mol. The number of fused-ring (bicyclic) bond motifs is 1. The van der Waals surface area contributed by atoms with Crippen LogP contribution in [0.4, 0.5) is 0 Å². The van der Waals surface area contributed by atoms with Gasteiger partial charge in [0.25, 0.3) is 5.91 Å². The summed E-state index contributed by atoms with van der Waals surface area (Å²) in [6.45, 7) is 5.39. The summed E-state index contributed by atoms with van der Waals surface area (Å²) in [4.78, 5) is 31.2. The molecule has 1 aromatic heterocycles. The fourth-order valence-corrected chi connectivity index (χ4v) is 4.73. The standard InChI is InChI=1S/C25H31N3O4/c1-2-28-11-8-17(9-12-28)13-24(29)23-16-22(7-10-26-23)32-21-6-5-18-14-20(25(30)27-31)4-3-19(18)15-21/h3-4,7,10,14,16-17,21,31H,2,5-6,8-9,11-13,15H2,1H3,(H,27,30). The second kappa shape index (κ2) is 10.2. The van der Waals surface area contributed by atoms with Crippen LogP contribution < -0.4 is 10.2 Å². The first-order valence-corrected chi connectivity index (χ1v) is 11.5. The highest BCUT2D eigenvalue weighted by molar-refractivity contribution is 5.94. The molecule has 4 rings (SSSR count). The summed E-state index contributed by atoms with van der Waals surface area (Å²) in [5.41, 5.74) is 4.85. The van der Waals surface area contributed by atoms with Crippen LogP contribution in [0.3, 0.4) is 0 Å². The van der Waals surface area contributed by atoms with Gasteiger partial charge in [0.1, 0.15) is 17.5 Å². The van der Waals surface area contributed by atoms with Gasteiger partial charge in [-0.05, 0) is 80.6 Å². The SMILES string of the molecule is CCN1CCC(CC(=O)c2cc(OC3CCc4cc(C(=O)NO)ccc4C3)ccn2)CC1. The lowest BCUT2D eigenvalue weighted by molar-refractivity contribution is 0.0706. The Morgan fingerprint density at radius 1 is 1.16 bits per heavy atom. The zero-order valence-corrected chi connectivity index (χ0v) is 18.5. The van der Waals surface area contributed by atoms with Crippen LogP contribution in [0.1, 0.15) is 64.6 Å². The third-order valence-corrected chi connectivity index (χ3v) is 6.70. The Kier molecular flexibility index (Phi) is 7.17. The summed E-state index contributed by atoms with van der Waals surface area (Å²) < 4.78 is 6.20. The molecule has 0 saturated carbocycles. The van der Waals surface area contributed by atoms with Crippen LogP contribution in [0.25, 0.3) is 0 Å². The largest absolute Gasteiger partial charge is 0.490 e. The number of nitrogens with one attached hydrogen (secondary N) is 1. The van der Waals surface area contributed by atoms with E-state index in [4.69, 9.17) is 9.94 Å². The van der Waals surface area contributed by atoms with E-state index in [0.29, 0.717) is 29.3 Å². The highest BCUT2D eigenvalue weighted by Gasteiger charge is 2.24. The fourth-order valence-electron chi connectivity index (χ4n) is 4.73. The number of hydroxylamine groups is 1. The number of nitrogens with zero attached hydrogens (tertiary/aromatic N) is 2. The second-order valence-electron chi connectivity index (χ2n) is 8.79. The summed E-state index contributed by atoms with van der Waals surface area (Å²) in [6.07, 6.45) is 6.69. The minimum atomic E-state index is -0.504. The van der Waals surface area contributed by atoms with Gasteiger partial charge in [0.15, 0.2) is 5.78 Å². The highest BCUT2D eigenvalue weighted by atomic mass is 16.5. The summed E-state index contributed by atoms with van der Waals surface area (Å²) in [5.74, 6) is 0.698. The molecule has 1 atom stereocenters. The van der Waals surface area contributed by atoms with Crippen molar-refractivity contribution in [1.29, 1.82) is 0 Å². The topological polar surface area (TPSA) is 91.8 Å². The number of ketones is 1. The van der Waals surface area contributed by atoms with E-state index in [1.165, 1.54) is 0 Å². The van der Waals surface area contributed by atoms with E-state index in [9.17, 15) is 9.59 Å². The van der Waals surface area contributed by atoms with E-state index in [-0.39, 0.29) is 11.9 Å². The molecule has 2 heterocycles. The van der Waals surface area contributed by atoms with E-state index in [1.807, 2.05) is 12.1 Å². The molecule has 1 saturated heterocycles. The minimum Gasteiger partial charge on any atom is -0.490 e. The number of amides is 1. The van der Waals surface area contributed by atoms with E-state index in [0.717, 1.165) is 62.9 Å². The molecule has 1 aliphatic heterocycles. The molecule has 2 N–H and O–H groups in total. The molecule has 170 valence electrons. The first-order valence-electron chi connectivity index (χ1n) is 11.5. The molecule has 0 radical (unpaired) electrons. The van der Waals surface area contributed by atoms with Crippen LogP contribution in [0.15, 0.2) is 36.5 Å². The van der Waals surface area contributed by atoms with Crippen molar-refractivity contribution in [2.24, 2.45) is 5.92 Å². The number of rotatable bonds is 7. The number of aromatic nitrogens is 1. The van der Waals surface area contributed by atoms with Gasteiger partial charge in [-0.3, -0.25) is 19.8 Å². The smallest absolute Gasteiger partial charge is 0.274 e. The van der Waals surface area contributed by atoms with E-state index >= 15 is 0 Å². The molecule has 1 amide bonds. The zero-order valence-electron chi connectivity index (χ0n) is 18.5. The normalized spacial score (nSPS) is 19.2. The van der Waals surface area contributed by atoms with E-state index in [1.54, 1.807) is 29.9 Å². The number of pyridine rings is 1. The number of likely N-dealkylation sites (tertiary alicyclic amines) is 1. The Bertz CT molecular complexity index is 969. The van der Waals surface area contributed by atoms with Crippen molar-refractivity contribution in [2.45, 2.75) is 51.6 Å². The Balaban J connectivity index is 1.35. The summed E-state index contributed by atoms with van der Waals surface area (Å²) in [6, 6.07) is 9.03. The van der Waals surface area contributed by atoms with Gasteiger partial charge in [-0.15, -0.1) is 0 Å². The number of hydrogen-bond donors (Lipinski definition) is 2. The lowest BCUT2D eigenvalue weighted by Gasteiger charge is -2.30. The molecule has 1 aliphatic carbocycles. The van der Waals surface area contributed by atoms with Crippen molar-refractivity contribution in [3.05, 3.63) is 58.9 Å². The molecule has 7 nitrogen and oxygen atoms in total. The predicted molar refractivity (Wildman–Crippen MR) is 120 cm³/mol. The van der Waals surface area contributed by atoms with Crippen LogP contribution in [0.5, 0.6) is 5.75 Å². The van der Waals surface area contributed by atoms with Gasteiger partial charge in [0, 0.05) is 30.7 Å². The summed E-state index contributed by atoms with van der Waals surface area (Å²) in [7, 11) is 0. The van der Waals surface area contributed by atoms with Gasteiger partial charge in [-0.25, -0.2) is 5.48 Å². The number of Topliss-reactive ketones (excluding diaryl/α,β-unsaturated/α-hetero) is 1.